The fraction of sp³-hybridized carbons (Fsp3) is 1.00. The first kappa shape index (κ1) is 11.6. The third-order valence-corrected chi connectivity index (χ3v) is 2.48. The molecule has 0 saturated heterocycles. The Morgan fingerprint density at radius 3 is 2.27 bits per heavy atom. The smallest absolute Gasteiger partial charge is 0.0336 e. The minimum atomic E-state index is 0.361. The molecule has 0 heterocycles. The molecule has 0 bridgehead atoms. The van der Waals surface area contributed by atoms with Gasteiger partial charge in [0.2, 0.25) is 0 Å². The minimum absolute atomic E-state index is 0.361. The Labute approximate surface area is 80.3 Å². The first-order valence-corrected chi connectivity index (χ1v) is 5.48. The lowest BCUT2D eigenvalue weighted by Crippen LogP contribution is -1.98. The van der Waals surface area contributed by atoms with Gasteiger partial charge >= 0.3 is 0 Å². The first-order chi connectivity index (χ1) is 5.31. The van der Waals surface area contributed by atoms with E-state index in [2.05, 4.69) is 6.92 Å². The molecule has 0 aliphatic rings. The van der Waals surface area contributed by atoms with E-state index in [0.717, 1.165) is 25.1 Å². The Balaban J connectivity index is 3.02. The Kier molecular flexibility index (Phi) is 9.13. The molecule has 0 aromatic heterocycles. The van der Waals surface area contributed by atoms with E-state index in [4.69, 9.17) is 23.2 Å². The lowest BCUT2D eigenvalue weighted by molar-refractivity contribution is 0.610. The molecule has 0 N–H and O–H groups in total. The van der Waals surface area contributed by atoms with Gasteiger partial charge < -0.3 is 0 Å². The zero-order valence-corrected chi connectivity index (χ0v) is 8.79. The number of alkyl halides is 2. The number of halogens is 2. The van der Waals surface area contributed by atoms with Gasteiger partial charge in [0.05, 0.1) is 0 Å². The Hall–Kier alpha value is 0.580. The van der Waals surface area contributed by atoms with Crippen LogP contribution in [0.3, 0.4) is 0 Å². The highest BCUT2D eigenvalue weighted by molar-refractivity contribution is 6.20. The van der Waals surface area contributed by atoms with Crippen molar-refractivity contribution in [3.63, 3.8) is 0 Å². The van der Waals surface area contributed by atoms with E-state index in [1.165, 1.54) is 19.3 Å². The quantitative estimate of drug-likeness (QED) is 0.424. The fourth-order valence-electron chi connectivity index (χ4n) is 1.06. The average Bonchev–Trinajstić information content (AvgIpc) is 2.01. The van der Waals surface area contributed by atoms with Gasteiger partial charge in [0.15, 0.2) is 0 Å². The van der Waals surface area contributed by atoms with Crippen molar-refractivity contribution >= 4 is 23.2 Å². The molecule has 0 aromatic carbocycles. The second-order valence-corrected chi connectivity index (χ2v) is 3.92. The molecule has 0 aliphatic heterocycles. The highest BCUT2D eigenvalue weighted by Crippen LogP contribution is 2.14. The maximum absolute atomic E-state index is 6.04. The van der Waals surface area contributed by atoms with Gasteiger partial charge in [-0.25, -0.2) is 0 Å². The van der Waals surface area contributed by atoms with Crippen LogP contribution in [0.5, 0.6) is 0 Å². The van der Waals surface area contributed by atoms with Crippen LogP contribution in [0.2, 0.25) is 0 Å². The lowest BCUT2D eigenvalue weighted by Gasteiger charge is -2.06. The van der Waals surface area contributed by atoms with Crippen molar-refractivity contribution in [1.29, 1.82) is 0 Å². The topological polar surface area (TPSA) is 0 Å². The third-order valence-electron chi connectivity index (χ3n) is 1.77. The normalized spacial score (nSPS) is 13.4. The molecular formula is C9H18Cl2. The molecule has 0 nitrogen and oxygen atoms in total. The van der Waals surface area contributed by atoms with Gasteiger partial charge in [0.1, 0.15) is 0 Å². The molecule has 0 rings (SSSR count). The van der Waals surface area contributed by atoms with Crippen molar-refractivity contribution in [2.24, 2.45) is 0 Å². The number of rotatable bonds is 7. The molecule has 68 valence electrons. The standard InChI is InChI=1S/C9H18Cl2/c1-2-3-4-6-9(11)7-5-8-10/h9H,2-8H2,1H3. The van der Waals surface area contributed by atoms with Crippen LogP contribution in [-0.4, -0.2) is 11.3 Å². The highest BCUT2D eigenvalue weighted by atomic mass is 35.5. The van der Waals surface area contributed by atoms with Crippen LogP contribution in [0.1, 0.15) is 45.4 Å². The van der Waals surface area contributed by atoms with Gasteiger partial charge in [0.25, 0.3) is 0 Å². The summed E-state index contributed by atoms with van der Waals surface area (Å²) in [4.78, 5) is 0. The molecule has 0 radical (unpaired) electrons. The maximum Gasteiger partial charge on any atom is 0.0336 e. The van der Waals surface area contributed by atoms with Gasteiger partial charge in [0, 0.05) is 11.3 Å². The van der Waals surface area contributed by atoms with Crippen LogP contribution >= 0.6 is 23.2 Å². The summed E-state index contributed by atoms with van der Waals surface area (Å²) < 4.78 is 0. The van der Waals surface area contributed by atoms with E-state index in [-0.39, 0.29) is 0 Å². The number of unbranched alkanes of at least 4 members (excludes halogenated alkanes) is 2. The van der Waals surface area contributed by atoms with Crippen molar-refractivity contribution in [1.82, 2.24) is 0 Å². The molecule has 0 fully saturated rings. The zero-order chi connectivity index (χ0) is 8.53. The van der Waals surface area contributed by atoms with E-state index < -0.39 is 0 Å². The molecule has 1 atom stereocenters. The zero-order valence-electron chi connectivity index (χ0n) is 7.28. The van der Waals surface area contributed by atoms with Gasteiger partial charge in [-0.3, -0.25) is 0 Å². The van der Waals surface area contributed by atoms with Crippen LogP contribution in [0.25, 0.3) is 0 Å². The molecule has 11 heavy (non-hydrogen) atoms. The molecule has 0 aromatic rings. The van der Waals surface area contributed by atoms with Crippen LogP contribution in [0.15, 0.2) is 0 Å². The second-order valence-electron chi connectivity index (χ2n) is 2.92. The average molecular weight is 197 g/mol. The Morgan fingerprint density at radius 2 is 1.73 bits per heavy atom. The molecule has 0 spiro atoms. The molecule has 0 aliphatic carbocycles. The van der Waals surface area contributed by atoms with Gasteiger partial charge in [-0.15, -0.1) is 23.2 Å². The minimum Gasteiger partial charge on any atom is -0.127 e. The van der Waals surface area contributed by atoms with Crippen molar-refractivity contribution < 1.29 is 0 Å². The van der Waals surface area contributed by atoms with E-state index in [9.17, 15) is 0 Å². The van der Waals surface area contributed by atoms with Crippen LogP contribution in [-0.2, 0) is 0 Å². The van der Waals surface area contributed by atoms with Gasteiger partial charge in [-0.05, 0) is 19.3 Å². The van der Waals surface area contributed by atoms with Crippen molar-refractivity contribution in [2.75, 3.05) is 5.88 Å². The molecule has 1 unspecified atom stereocenters. The van der Waals surface area contributed by atoms with E-state index in [1.807, 2.05) is 0 Å². The van der Waals surface area contributed by atoms with Crippen molar-refractivity contribution in [2.45, 2.75) is 50.8 Å². The Morgan fingerprint density at radius 1 is 1.09 bits per heavy atom. The summed E-state index contributed by atoms with van der Waals surface area (Å²) in [5, 5.41) is 0.361. The summed E-state index contributed by atoms with van der Waals surface area (Å²) in [5.74, 6) is 0.747. The third kappa shape index (κ3) is 8.49. The molecule has 2 heteroatoms. The summed E-state index contributed by atoms with van der Waals surface area (Å²) in [5.41, 5.74) is 0. The summed E-state index contributed by atoms with van der Waals surface area (Å²) in [6.45, 7) is 2.21. The van der Waals surface area contributed by atoms with Crippen molar-refractivity contribution in [3.8, 4) is 0 Å². The van der Waals surface area contributed by atoms with Crippen LogP contribution in [0, 0.1) is 0 Å². The molecular weight excluding hydrogens is 179 g/mol. The molecule has 0 amide bonds. The molecule has 0 saturated carbocycles. The lowest BCUT2D eigenvalue weighted by atomic mass is 10.1. The van der Waals surface area contributed by atoms with E-state index >= 15 is 0 Å². The predicted molar refractivity (Wildman–Crippen MR) is 53.7 cm³/mol. The van der Waals surface area contributed by atoms with E-state index in [0.29, 0.717) is 5.38 Å². The summed E-state index contributed by atoms with van der Waals surface area (Å²) in [7, 11) is 0. The summed E-state index contributed by atoms with van der Waals surface area (Å²) >= 11 is 11.6. The summed E-state index contributed by atoms with van der Waals surface area (Å²) in [6.07, 6.45) is 7.15. The highest BCUT2D eigenvalue weighted by Gasteiger charge is 2.02. The first-order valence-electron chi connectivity index (χ1n) is 4.51. The second kappa shape index (κ2) is 8.67. The predicted octanol–water partition coefficient (Wildman–Crippen LogP) is 4.19. The summed E-state index contributed by atoms with van der Waals surface area (Å²) in [6, 6.07) is 0. The SMILES string of the molecule is CCCCCC(Cl)CCCCl. The largest absolute Gasteiger partial charge is 0.127 e. The number of hydrogen-bond donors (Lipinski definition) is 0. The van der Waals surface area contributed by atoms with Gasteiger partial charge in [-0.1, -0.05) is 26.2 Å². The van der Waals surface area contributed by atoms with Crippen molar-refractivity contribution in [3.05, 3.63) is 0 Å². The number of hydrogen-bond acceptors (Lipinski definition) is 0. The Bertz CT molecular complexity index is 74.0. The fourth-order valence-corrected chi connectivity index (χ4v) is 1.52. The maximum atomic E-state index is 6.04. The van der Waals surface area contributed by atoms with E-state index in [1.54, 1.807) is 0 Å². The van der Waals surface area contributed by atoms with Crippen LogP contribution < -0.4 is 0 Å². The monoisotopic (exact) mass is 196 g/mol. The van der Waals surface area contributed by atoms with Gasteiger partial charge in [-0.2, -0.15) is 0 Å². The van der Waals surface area contributed by atoms with Crippen LogP contribution in [0.4, 0.5) is 0 Å².